The van der Waals surface area contributed by atoms with E-state index in [-0.39, 0.29) is 12.8 Å². The Hall–Kier alpha value is -1.60. The van der Waals surface area contributed by atoms with E-state index in [1.54, 1.807) is 0 Å². The van der Waals surface area contributed by atoms with Crippen LogP contribution in [0, 0.1) is 5.82 Å². The van der Waals surface area contributed by atoms with Gasteiger partial charge in [-0.15, -0.1) is 0 Å². The van der Waals surface area contributed by atoms with Crippen LogP contribution in [0.25, 0.3) is 0 Å². The van der Waals surface area contributed by atoms with E-state index in [1.807, 2.05) is 0 Å². The highest BCUT2D eigenvalue weighted by atomic mass is 19.3. The van der Waals surface area contributed by atoms with Crippen LogP contribution >= 0.6 is 0 Å². The number of hydrogen-bond acceptors (Lipinski definition) is 3. The second-order valence-electron chi connectivity index (χ2n) is 6.62. The van der Waals surface area contributed by atoms with Gasteiger partial charge in [-0.3, -0.25) is 4.79 Å². The van der Waals surface area contributed by atoms with Crippen LogP contribution < -0.4 is 5.32 Å². The Bertz CT molecular complexity index is 608. The maximum atomic E-state index is 14.4. The first-order chi connectivity index (χ1) is 11.3. The second-order valence-corrected chi connectivity index (χ2v) is 6.62. The topological polar surface area (TPSA) is 58.6 Å². The number of carbonyl (C=O) groups excluding carboxylic acids is 1. The largest absolute Gasteiger partial charge is 0.383 e. The van der Waals surface area contributed by atoms with Crippen molar-refractivity contribution in [2.24, 2.45) is 0 Å². The molecule has 1 aliphatic carbocycles. The monoisotopic (exact) mass is 343 g/mol. The summed E-state index contributed by atoms with van der Waals surface area (Å²) in [5.41, 5.74) is -2.77. The van der Waals surface area contributed by atoms with Crippen molar-refractivity contribution in [1.29, 1.82) is 0 Å². The summed E-state index contributed by atoms with van der Waals surface area (Å²) in [6.45, 7) is 0.598. The van der Waals surface area contributed by atoms with Crippen LogP contribution in [0.2, 0.25) is 0 Å². The summed E-state index contributed by atoms with van der Waals surface area (Å²) >= 11 is 0. The van der Waals surface area contributed by atoms with Gasteiger partial charge in [-0.25, -0.2) is 4.39 Å². The minimum atomic E-state index is -3.86. The standard InChI is InChI=1S/C17H20F3NO3/c18-13-4-2-12(3-5-13)15(8-10-24-11-9-15)21-14(22)17(19,20)16(23)6-1-7-16/h2-5,23H,1,6-11H2,(H,21,22). The van der Waals surface area contributed by atoms with Crippen molar-refractivity contribution in [2.75, 3.05) is 13.2 Å². The van der Waals surface area contributed by atoms with Gasteiger partial charge in [0.15, 0.2) is 0 Å². The normalized spacial score (nSPS) is 22.5. The molecule has 2 N–H and O–H groups in total. The Morgan fingerprint density at radius 1 is 1.12 bits per heavy atom. The Labute approximate surface area is 138 Å². The highest BCUT2D eigenvalue weighted by Crippen LogP contribution is 2.45. The van der Waals surface area contributed by atoms with Gasteiger partial charge in [0.1, 0.15) is 11.4 Å². The molecule has 1 aromatic rings. The van der Waals surface area contributed by atoms with Gasteiger partial charge in [0.2, 0.25) is 0 Å². The van der Waals surface area contributed by atoms with Gasteiger partial charge in [-0.2, -0.15) is 8.78 Å². The van der Waals surface area contributed by atoms with E-state index >= 15 is 0 Å². The van der Waals surface area contributed by atoms with E-state index in [2.05, 4.69) is 5.32 Å². The molecule has 0 radical (unpaired) electrons. The first-order valence-electron chi connectivity index (χ1n) is 8.06. The number of amides is 1. The molecule has 1 aromatic carbocycles. The number of aliphatic hydroxyl groups is 1. The maximum Gasteiger partial charge on any atom is 0.352 e. The number of nitrogens with one attached hydrogen (secondary N) is 1. The molecule has 0 atom stereocenters. The molecule has 0 aromatic heterocycles. The molecule has 0 bridgehead atoms. The lowest BCUT2D eigenvalue weighted by Gasteiger charge is -2.44. The Morgan fingerprint density at radius 3 is 2.21 bits per heavy atom. The average Bonchev–Trinajstić information content (AvgIpc) is 2.53. The minimum Gasteiger partial charge on any atom is -0.383 e. The van der Waals surface area contributed by atoms with Crippen molar-refractivity contribution in [2.45, 2.75) is 49.2 Å². The fourth-order valence-corrected chi connectivity index (χ4v) is 3.31. The summed E-state index contributed by atoms with van der Waals surface area (Å²) in [7, 11) is 0. The lowest BCUT2D eigenvalue weighted by atomic mass is 9.74. The summed E-state index contributed by atoms with van der Waals surface area (Å²) < 4.78 is 47.2. The number of benzene rings is 1. The molecule has 2 fully saturated rings. The summed E-state index contributed by atoms with van der Waals surface area (Å²) in [6.07, 6.45) is 0.883. The van der Waals surface area contributed by atoms with Crippen LogP contribution in [-0.2, 0) is 15.1 Å². The van der Waals surface area contributed by atoms with Crippen LogP contribution in [0.1, 0.15) is 37.7 Å². The molecule has 0 spiro atoms. The lowest BCUT2D eigenvalue weighted by molar-refractivity contribution is -0.217. The van der Waals surface area contributed by atoms with Gasteiger partial charge in [-0.05, 0) is 49.8 Å². The van der Waals surface area contributed by atoms with Gasteiger partial charge < -0.3 is 15.2 Å². The molecular formula is C17H20F3NO3. The third-order valence-corrected chi connectivity index (χ3v) is 5.15. The Kier molecular flexibility index (Phi) is 4.34. The van der Waals surface area contributed by atoms with E-state index in [4.69, 9.17) is 4.74 Å². The van der Waals surface area contributed by atoms with Gasteiger partial charge in [-0.1, -0.05) is 12.1 Å². The summed E-state index contributed by atoms with van der Waals surface area (Å²) in [5, 5.41) is 12.4. The predicted octanol–water partition coefficient (Wildman–Crippen LogP) is 2.50. The summed E-state index contributed by atoms with van der Waals surface area (Å²) in [4.78, 5) is 12.3. The Morgan fingerprint density at radius 2 is 1.71 bits per heavy atom. The first kappa shape index (κ1) is 17.2. The molecule has 7 heteroatoms. The third-order valence-electron chi connectivity index (χ3n) is 5.15. The van der Waals surface area contributed by atoms with Crippen LogP contribution in [0.15, 0.2) is 24.3 Å². The van der Waals surface area contributed by atoms with E-state index in [1.165, 1.54) is 24.3 Å². The molecule has 1 saturated heterocycles. The van der Waals surface area contributed by atoms with Gasteiger partial charge >= 0.3 is 5.92 Å². The van der Waals surface area contributed by atoms with Crippen molar-refractivity contribution in [3.05, 3.63) is 35.6 Å². The number of alkyl halides is 2. The molecule has 1 saturated carbocycles. The molecule has 2 aliphatic rings. The fraction of sp³-hybridized carbons (Fsp3) is 0.588. The lowest BCUT2D eigenvalue weighted by Crippen LogP contribution is -2.64. The number of rotatable bonds is 4. The zero-order valence-electron chi connectivity index (χ0n) is 13.2. The van der Waals surface area contributed by atoms with E-state index in [0.717, 1.165) is 0 Å². The Balaban J connectivity index is 1.87. The number of ether oxygens (including phenoxy) is 1. The molecule has 1 heterocycles. The van der Waals surface area contributed by atoms with Crippen LogP contribution in [0.5, 0.6) is 0 Å². The molecule has 24 heavy (non-hydrogen) atoms. The predicted molar refractivity (Wildman–Crippen MR) is 80.0 cm³/mol. The number of hydrogen-bond donors (Lipinski definition) is 2. The van der Waals surface area contributed by atoms with Crippen molar-refractivity contribution in [3.8, 4) is 0 Å². The van der Waals surface area contributed by atoms with Gasteiger partial charge in [0.25, 0.3) is 5.91 Å². The number of carbonyl (C=O) groups is 1. The van der Waals surface area contributed by atoms with Crippen molar-refractivity contribution >= 4 is 5.91 Å². The fourth-order valence-electron chi connectivity index (χ4n) is 3.31. The smallest absolute Gasteiger partial charge is 0.352 e. The van der Waals surface area contributed by atoms with E-state index < -0.39 is 28.8 Å². The number of halogens is 3. The second kappa shape index (κ2) is 6.04. The van der Waals surface area contributed by atoms with Crippen LogP contribution in [-0.4, -0.2) is 35.8 Å². The summed E-state index contributed by atoms with van der Waals surface area (Å²) in [5.74, 6) is -5.80. The average molecular weight is 343 g/mol. The SMILES string of the molecule is O=C(NC1(c2ccc(F)cc2)CCOCC1)C(F)(F)C1(O)CCC1. The molecular weight excluding hydrogens is 323 g/mol. The highest BCUT2D eigenvalue weighted by Gasteiger charge is 2.62. The molecule has 1 amide bonds. The van der Waals surface area contributed by atoms with Crippen LogP contribution in [0.4, 0.5) is 13.2 Å². The molecule has 132 valence electrons. The van der Waals surface area contributed by atoms with Gasteiger partial charge in [0, 0.05) is 13.2 Å². The zero-order valence-corrected chi connectivity index (χ0v) is 13.2. The van der Waals surface area contributed by atoms with E-state index in [0.29, 0.717) is 38.0 Å². The van der Waals surface area contributed by atoms with Crippen molar-refractivity contribution in [1.82, 2.24) is 5.32 Å². The maximum absolute atomic E-state index is 14.4. The zero-order chi connectivity index (χ0) is 17.4. The quantitative estimate of drug-likeness (QED) is 0.883. The van der Waals surface area contributed by atoms with Crippen molar-refractivity contribution < 1.29 is 27.8 Å². The highest BCUT2D eigenvalue weighted by molar-refractivity contribution is 5.86. The first-order valence-corrected chi connectivity index (χ1v) is 8.06. The molecule has 0 unspecified atom stereocenters. The molecule has 3 rings (SSSR count). The van der Waals surface area contributed by atoms with E-state index in [9.17, 15) is 23.1 Å². The minimum absolute atomic E-state index is 0.0971. The third kappa shape index (κ3) is 2.80. The van der Waals surface area contributed by atoms with Crippen LogP contribution in [0.3, 0.4) is 0 Å². The molecule has 1 aliphatic heterocycles. The van der Waals surface area contributed by atoms with Crippen molar-refractivity contribution in [3.63, 3.8) is 0 Å². The molecule has 4 nitrogen and oxygen atoms in total. The van der Waals surface area contributed by atoms with Gasteiger partial charge in [0.05, 0.1) is 5.54 Å². The summed E-state index contributed by atoms with van der Waals surface area (Å²) in [6, 6.07) is 5.43.